The monoisotopic (exact) mass is 300 g/mol. The lowest BCUT2D eigenvalue weighted by atomic mass is 10.1. The Bertz CT molecular complexity index is 276. The molecule has 0 amide bonds. The van der Waals surface area contributed by atoms with Crippen LogP contribution >= 0.6 is 0 Å². The molecule has 0 heterocycles. The summed E-state index contributed by atoms with van der Waals surface area (Å²) in [6.07, 6.45) is 8.22. The molecule has 0 aliphatic carbocycles. The highest BCUT2D eigenvalue weighted by molar-refractivity contribution is 5.69. The van der Waals surface area contributed by atoms with Crippen LogP contribution in [0, 0.1) is 5.92 Å². The van der Waals surface area contributed by atoms with E-state index in [2.05, 4.69) is 13.8 Å². The van der Waals surface area contributed by atoms with Gasteiger partial charge in [0.2, 0.25) is 0 Å². The number of carbonyl (C=O) groups excluding carboxylic acids is 2. The molecule has 0 bridgehead atoms. The average molecular weight is 300 g/mol. The highest BCUT2D eigenvalue weighted by atomic mass is 16.5. The van der Waals surface area contributed by atoms with Crippen molar-refractivity contribution in [3.63, 3.8) is 0 Å². The van der Waals surface area contributed by atoms with Crippen molar-refractivity contribution in [3.05, 3.63) is 0 Å². The Morgan fingerprint density at radius 2 is 1.29 bits per heavy atom. The Morgan fingerprint density at radius 3 is 1.76 bits per heavy atom. The first-order valence-electron chi connectivity index (χ1n) is 8.41. The molecule has 1 unspecified atom stereocenters. The summed E-state index contributed by atoms with van der Waals surface area (Å²) in [7, 11) is 0. The molecule has 0 saturated carbocycles. The maximum absolute atomic E-state index is 11.5. The van der Waals surface area contributed by atoms with Crippen LogP contribution in [0.5, 0.6) is 0 Å². The van der Waals surface area contributed by atoms with E-state index in [0.29, 0.717) is 32.0 Å². The van der Waals surface area contributed by atoms with Gasteiger partial charge >= 0.3 is 11.9 Å². The summed E-state index contributed by atoms with van der Waals surface area (Å²) in [6, 6.07) is 0. The third kappa shape index (κ3) is 13.7. The van der Waals surface area contributed by atoms with E-state index in [0.717, 1.165) is 44.9 Å². The Labute approximate surface area is 129 Å². The minimum Gasteiger partial charge on any atom is -0.466 e. The molecule has 0 N–H and O–H groups in total. The molecule has 124 valence electrons. The van der Waals surface area contributed by atoms with Gasteiger partial charge in [-0.25, -0.2) is 0 Å². The molecule has 0 aromatic heterocycles. The smallest absolute Gasteiger partial charge is 0.305 e. The fourth-order valence-electron chi connectivity index (χ4n) is 1.90. The van der Waals surface area contributed by atoms with Crippen molar-refractivity contribution in [2.75, 3.05) is 13.2 Å². The molecule has 0 aliphatic rings. The predicted octanol–water partition coefficient (Wildman–Crippen LogP) is 4.26. The number of hydrogen-bond donors (Lipinski definition) is 0. The summed E-state index contributed by atoms with van der Waals surface area (Å²) in [5.41, 5.74) is 0. The second-order valence-corrected chi connectivity index (χ2v) is 5.62. The summed E-state index contributed by atoms with van der Waals surface area (Å²) < 4.78 is 10.1. The molecule has 0 fully saturated rings. The normalized spacial score (nSPS) is 12.0. The van der Waals surface area contributed by atoms with E-state index in [1.165, 1.54) is 0 Å². The van der Waals surface area contributed by atoms with E-state index in [-0.39, 0.29) is 11.9 Å². The molecule has 4 heteroatoms. The molecule has 0 radical (unpaired) electrons. The number of esters is 2. The van der Waals surface area contributed by atoms with Gasteiger partial charge in [-0.2, -0.15) is 0 Å². The molecule has 0 saturated heterocycles. The molecule has 0 rings (SSSR count). The van der Waals surface area contributed by atoms with Gasteiger partial charge in [0.1, 0.15) is 0 Å². The van der Waals surface area contributed by atoms with E-state index in [1.54, 1.807) is 0 Å². The molecule has 1 atom stereocenters. The molecule has 21 heavy (non-hydrogen) atoms. The van der Waals surface area contributed by atoms with E-state index in [9.17, 15) is 9.59 Å². The highest BCUT2D eigenvalue weighted by Gasteiger charge is 2.05. The minimum atomic E-state index is -0.0958. The van der Waals surface area contributed by atoms with Crippen molar-refractivity contribution in [3.8, 4) is 0 Å². The minimum absolute atomic E-state index is 0.0717. The first kappa shape index (κ1) is 19.9. The largest absolute Gasteiger partial charge is 0.466 e. The topological polar surface area (TPSA) is 52.6 Å². The second-order valence-electron chi connectivity index (χ2n) is 5.62. The van der Waals surface area contributed by atoms with Crippen LogP contribution in [0.2, 0.25) is 0 Å². The SMILES string of the molecule is CCOC(=O)CCCCCCCCC(=O)OCC(C)CC. The van der Waals surface area contributed by atoms with Crippen LogP contribution in [0.1, 0.15) is 78.6 Å². The van der Waals surface area contributed by atoms with Gasteiger partial charge in [0.05, 0.1) is 13.2 Å². The zero-order chi connectivity index (χ0) is 15.9. The van der Waals surface area contributed by atoms with Crippen molar-refractivity contribution >= 4 is 11.9 Å². The summed E-state index contributed by atoms with van der Waals surface area (Å²) in [5, 5.41) is 0. The van der Waals surface area contributed by atoms with Crippen LogP contribution in [-0.2, 0) is 19.1 Å². The van der Waals surface area contributed by atoms with Crippen LogP contribution in [0.25, 0.3) is 0 Å². The van der Waals surface area contributed by atoms with Gasteiger partial charge in [-0.15, -0.1) is 0 Å². The fourth-order valence-corrected chi connectivity index (χ4v) is 1.90. The van der Waals surface area contributed by atoms with Crippen LogP contribution in [-0.4, -0.2) is 25.2 Å². The van der Waals surface area contributed by atoms with Gasteiger partial charge in [-0.05, 0) is 25.7 Å². The van der Waals surface area contributed by atoms with Gasteiger partial charge in [-0.1, -0.05) is 46.0 Å². The van der Waals surface area contributed by atoms with Crippen molar-refractivity contribution in [2.45, 2.75) is 78.6 Å². The quantitative estimate of drug-likeness (QED) is 0.377. The summed E-state index contributed by atoms with van der Waals surface area (Å²) in [6.45, 7) is 7.02. The zero-order valence-electron chi connectivity index (χ0n) is 14.0. The third-order valence-electron chi connectivity index (χ3n) is 3.54. The van der Waals surface area contributed by atoms with E-state index in [4.69, 9.17) is 9.47 Å². The van der Waals surface area contributed by atoms with Crippen LogP contribution in [0.15, 0.2) is 0 Å². The number of rotatable bonds is 13. The van der Waals surface area contributed by atoms with Crippen molar-refractivity contribution in [1.29, 1.82) is 0 Å². The van der Waals surface area contributed by atoms with E-state index < -0.39 is 0 Å². The first-order chi connectivity index (χ1) is 10.1. The number of hydrogen-bond acceptors (Lipinski definition) is 4. The lowest BCUT2D eigenvalue weighted by molar-refractivity contribution is -0.145. The van der Waals surface area contributed by atoms with Crippen molar-refractivity contribution < 1.29 is 19.1 Å². The van der Waals surface area contributed by atoms with Crippen molar-refractivity contribution in [1.82, 2.24) is 0 Å². The Balaban J connectivity index is 3.28. The molecular formula is C17H32O4. The third-order valence-corrected chi connectivity index (χ3v) is 3.54. The van der Waals surface area contributed by atoms with E-state index in [1.807, 2.05) is 6.92 Å². The Hall–Kier alpha value is -1.06. The van der Waals surface area contributed by atoms with Crippen LogP contribution in [0.4, 0.5) is 0 Å². The lowest BCUT2D eigenvalue weighted by Crippen LogP contribution is -2.11. The predicted molar refractivity (Wildman–Crippen MR) is 84.0 cm³/mol. The highest BCUT2D eigenvalue weighted by Crippen LogP contribution is 2.10. The first-order valence-corrected chi connectivity index (χ1v) is 8.41. The van der Waals surface area contributed by atoms with E-state index >= 15 is 0 Å². The maximum Gasteiger partial charge on any atom is 0.305 e. The summed E-state index contributed by atoms with van der Waals surface area (Å²) in [5.74, 6) is 0.285. The fraction of sp³-hybridized carbons (Fsp3) is 0.882. The van der Waals surface area contributed by atoms with Gasteiger partial charge in [-0.3, -0.25) is 9.59 Å². The molecule has 0 spiro atoms. The number of unbranched alkanes of at least 4 members (excludes halogenated alkanes) is 5. The summed E-state index contributed by atoms with van der Waals surface area (Å²) >= 11 is 0. The van der Waals surface area contributed by atoms with Gasteiger partial charge < -0.3 is 9.47 Å². The standard InChI is InChI=1S/C17H32O4/c1-4-15(3)14-21-17(19)13-11-9-7-6-8-10-12-16(18)20-5-2/h15H,4-14H2,1-3H3. The molecule has 0 aromatic rings. The Morgan fingerprint density at radius 1 is 0.810 bits per heavy atom. The number of ether oxygens (including phenoxy) is 2. The van der Waals surface area contributed by atoms with Crippen LogP contribution < -0.4 is 0 Å². The lowest BCUT2D eigenvalue weighted by Gasteiger charge is -2.09. The van der Waals surface area contributed by atoms with Gasteiger partial charge in [0.25, 0.3) is 0 Å². The average Bonchev–Trinajstić information content (AvgIpc) is 2.47. The Kier molecular flexibility index (Phi) is 13.2. The van der Waals surface area contributed by atoms with Gasteiger partial charge in [0, 0.05) is 12.8 Å². The molecule has 0 aliphatic heterocycles. The summed E-state index contributed by atoms with van der Waals surface area (Å²) in [4.78, 5) is 22.6. The van der Waals surface area contributed by atoms with Crippen LogP contribution in [0.3, 0.4) is 0 Å². The molecule has 0 aromatic carbocycles. The van der Waals surface area contributed by atoms with Gasteiger partial charge in [0.15, 0.2) is 0 Å². The molecular weight excluding hydrogens is 268 g/mol. The molecule has 4 nitrogen and oxygen atoms in total. The zero-order valence-corrected chi connectivity index (χ0v) is 14.0. The number of carbonyl (C=O) groups is 2. The second kappa shape index (κ2) is 13.9. The van der Waals surface area contributed by atoms with Crippen molar-refractivity contribution in [2.24, 2.45) is 5.92 Å². The maximum atomic E-state index is 11.5.